The second-order valence-electron chi connectivity index (χ2n) is 3.44. The Labute approximate surface area is 109 Å². The van der Waals surface area contributed by atoms with Crippen LogP contribution in [0.1, 0.15) is 0 Å². The molecule has 0 saturated carbocycles. The van der Waals surface area contributed by atoms with E-state index in [0.29, 0.717) is 26.9 Å². The van der Waals surface area contributed by atoms with Crippen molar-refractivity contribution in [2.24, 2.45) is 0 Å². The van der Waals surface area contributed by atoms with Crippen LogP contribution in [-0.4, -0.2) is 7.11 Å². The molecule has 0 aliphatic rings. The Morgan fingerprint density at radius 2 is 1.71 bits per heavy atom. The van der Waals surface area contributed by atoms with Gasteiger partial charge in [-0.2, -0.15) is 0 Å². The Balaban J connectivity index is 2.61. The lowest BCUT2D eigenvalue weighted by molar-refractivity contribution is 0.411. The summed E-state index contributed by atoms with van der Waals surface area (Å²) in [5.74, 6) is 0.0359. The Kier molecular flexibility index (Phi) is 3.55. The van der Waals surface area contributed by atoms with E-state index in [1.807, 2.05) is 0 Å². The minimum Gasteiger partial charge on any atom is -0.497 e. The molecule has 0 atom stereocenters. The lowest BCUT2D eigenvalue weighted by Gasteiger charge is -2.09. The average molecular weight is 271 g/mol. The molecular formula is C13H9Cl2FO. The number of benzene rings is 2. The maximum Gasteiger partial charge on any atom is 0.134 e. The number of methoxy groups -OCH3 is 1. The Bertz CT molecular complexity index is 535. The molecule has 0 aliphatic heterocycles. The standard InChI is InChI=1S/C13H9Cl2FO/c1-17-8-5-6-9(12(16)7-8)13-10(14)3-2-4-11(13)15/h2-7H,1H3. The van der Waals surface area contributed by atoms with Crippen molar-refractivity contribution in [2.75, 3.05) is 7.11 Å². The van der Waals surface area contributed by atoms with Gasteiger partial charge in [-0.25, -0.2) is 4.39 Å². The lowest BCUT2D eigenvalue weighted by atomic mass is 10.0. The highest BCUT2D eigenvalue weighted by molar-refractivity contribution is 6.39. The summed E-state index contributed by atoms with van der Waals surface area (Å²) in [5, 5.41) is 0.836. The zero-order valence-electron chi connectivity index (χ0n) is 9.01. The molecule has 0 saturated heterocycles. The highest BCUT2D eigenvalue weighted by atomic mass is 35.5. The largest absolute Gasteiger partial charge is 0.497 e. The first-order chi connectivity index (χ1) is 8.13. The van der Waals surface area contributed by atoms with Gasteiger partial charge in [-0.3, -0.25) is 0 Å². The van der Waals surface area contributed by atoms with Gasteiger partial charge in [0.1, 0.15) is 11.6 Å². The second kappa shape index (κ2) is 4.94. The van der Waals surface area contributed by atoms with Crippen molar-refractivity contribution >= 4 is 23.2 Å². The van der Waals surface area contributed by atoms with Crippen LogP contribution in [0.5, 0.6) is 5.75 Å². The first kappa shape index (κ1) is 12.2. The average Bonchev–Trinajstić information content (AvgIpc) is 2.30. The number of halogens is 3. The number of hydrogen-bond donors (Lipinski definition) is 0. The number of hydrogen-bond acceptors (Lipinski definition) is 1. The molecule has 4 heteroatoms. The molecule has 88 valence electrons. The van der Waals surface area contributed by atoms with Crippen molar-refractivity contribution < 1.29 is 9.13 Å². The van der Waals surface area contributed by atoms with E-state index in [4.69, 9.17) is 27.9 Å². The van der Waals surface area contributed by atoms with Crippen LogP contribution in [-0.2, 0) is 0 Å². The predicted octanol–water partition coefficient (Wildman–Crippen LogP) is 4.81. The lowest BCUT2D eigenvalue weighted by Crippen LogP contribution is -1.89. The Morgan fingerprint density at radius 3 is 2.24 bits per heavy atom. The summed E-state index contributed by atoms with van der Waals surface area (Å²) in [4.78, 5) is 0. The normalized spacial score (nSPS) is 10.4. The van der Waals surface area contributed by atoms with E-state index >= 15 is 0 Å². The van der Waals surface area contributed by atoms with E-state index in [2.05, 4.69) is 0 Å². The SMILES string of the molecule is COc1ccc(-c2c(Cl)cccc2Cl)c(F)c1. The van der Waals surface area contributed by atoms with Crippen LogP contribution in [0.2, 0.25) is 10.0 Å². The molecule has 1 nitrogen and oxygen atoms in total. The zero-order valence-corrected chi connectivity index (χ0v) is 10.5. The summed E-state index contributed by atoms with van der Waals surface area (Å²) >= 11 is 12.1. The molecule has 0 aliphatic carbocycles. The maximum atomic E-state index is 13.9. The monoisotopic (exact) mass is 270 g/mol. The van der Waals surface area contributed by atoms with Crippen LogP contribution in [0.25, 0.3) is 11.1 Å². The first-order valence-electron chi connectivity index (χ1n) is 4.91. The van der Waals surface area contributed by atoms with Gasteiger partial charge < -0.3 is 4.74 Å². The van der Waals surface area contributed by atoms with Crippen molar-refractivity contribution in [2.45, 2.75) is 0 Å². The van der Waals surface area contributed by atoms with Crippen LogP contribution in [0.3, 0.4) is 0 Å². The molecule has 2 aromatic carbocycles. The van der Waals surface area contributed by atoms with E-state index in [-0.39, 0.29) is 0 Å². The summed E-state index contributed by atoms with van der Waals surface area (Å²) < 4.78 is 18.8. The van der Waals surface area contributed by atoms with Gasteiger partial charge in [-0.1, -0.05) is 29.3 Å². The highest BCUT2D eigenvalue weighted by Crippen LogP contribution is 2.36. The van der Waals surface area contributed by atoms with Crippen LogP contribution in [0.15, 0.2) is 36.4 Å². The highest BCUT2D eigenvalue weighted by Gasteiger charge is 2.13. The summed E-state index contributed by atoms with van der Waals surface area (Å²) in [5.41, 5.74) is 0.859. The topological polar surface area (TPSA) is 9.23 Å². The van der Waals surface area contributed by atoms with Gasteiger partial charge in [0.25, 0.3) is 0 Å². The number of ether oxygens (including phenoxy) is 1. The van der Waals surface area contributed by atoms with Crippen molar-refractivity contribution in [1.29, 1.82) is 0 Å². The molecular weight excluding hydrogens is 262 g/mol. The molecule has 0 unspecified atom stereocenters. The second-order valence-corrected chi connectivity index (χ2v) is 4.26. The molecule has 2 rings (SSSR count). The molecule has 2 aromatic rings. The Morgan fingerprint density at radius 1 is 1.06 bits per heavy atom. The summed E-state index contributed by atoms with van der Waals surface area (Å²) in [7, 11) is 1.48. The quantitative estimate of drug-likeness (QED) is 0.761. The Hall–Kier alpha value is -1.25. The molecule has 0 heterocycles. The summed E-state index contributed by atoms with van der Waals surface area (Å²) in [6.45, 7) is 0. The van der Waals surface area contributed by atoms with Gasteiger partial charge in [0, 0.05) is 27.2 Å². The minimum absolute atomic E-state index is 0.362. The van der Waals surface area contributed by atoms with Gasteiger partial charge in [0.2, 0.25) is 0 Å². The van der Waals surface area contributed by atoms with Crippen LogP contribution >= 0.6 is 23.2 Å². The molecule has 0 radical (unpaired) electrons. The third-order valence-corrected chi connectivity index (χ3v) is 3.04. The molecule has 17 heavy (non-hydrogen) atoms. The van der Waals surface area contributed by atoms with Gasteiger partial charge in [0.05, 0.1) is 7.11 Å². The smallest absolute Gasteiger partial charge is 0.134 e. The molecule has 0 aromatic heterocycles. The fourth-order valence-corrected chi connectivity index (χ4v) is 2.18. The van der Waals surface area contributed by atoms with Crippen molar-refractivity contribution in [1.82, 2.24) is 0 Å². The van der Waals surface area contributed by atoms with E-state index in [9.17, 15) is 4.39 Å². The molecule has 0 fully saturated rings. The fourth-order valence-electron chi connectivity index (χ4n) is 1.58. The van der Waals surface area contributed by atoms with E-state index in [0.717, 1.165) is 0 Å². The number of rotatable bonds is 2. The van der Waals surface area contributed by atoms with Crippen LogP contribution < -0.4 is 4.74 Å². The van der Waals surface area contributed by atoms with Gasteiger partial charge in [-0.05, 0) is 24.3 Å². The molecule has 0 amide bonds. The van der Waals surface area contributed by atoms with Crippen molar-refractivity contribution in [3.63, 3.8) is 0 Å². The molecule has 0 N–H and O–H groups in total. The summed E-state index contributed by atoms with van der Waals surface area (Å²) in [6.07, 6.45) is 0. The van der Waals surface area contributed by atoms with Crippen molar-refractivity contribution in [3.05, 3.63) is 52.3 Å². The van der Waals surface area contributed by atoms with Crippen LogP contribution in [0.4, 0.5) is 4.39 Å². The molecule has 0 bridgehead atoms. The fraction of sp³-hybridized carbons (Fsp3) is 0.0769. The van der Waals surface area contributed by atoms with E-state index < -0.39 is 5.82 Å². The van der Waals surface area contributed by atoms with Gasteiger partial charge >= 0.3 is 0 Å². The first-order valence-corrected chi connectivity index (χ1v) is 5.67. The van der Waals surface area contributed by atoms with Crippen LogP contribution in [0, 0.1) is 5.82 Å². The zero-order chi connectivity index (χ0) is 12.4. The predicted molar refractivity (Wildman–Crippen MR) is 68.4 cm³/mol. The van der Waals surface area contributed by atoms with Gasteiger partial charge in [-0.15, -0.1) is 0 Å². The summed E-state index contributed by atoms with van der Waals surface area (Å²) in [6, 6.07) is 9.63. The third-order valence-electron chi connectivity index (χ3n) is 2.41. The van der Waals surface area contributed by atoms with Gasteiger partial charge in [0.15, 0.2) is 0 Å². The van der Waals surface area contributed by atoms with E-state index in [1.54, 1.807) is 30.3 Å². The van der Waals surface area contributed by atoms with E-state index in [1.165, 1.54) is 13.2 Å². The molecule has 0 spiro atoms. The minimum atomic E-state index is -0.417. The maximum absolute atomic E-state index is 13.9. The van der Waals surface area contributed by atoms with Crippen molar-refractivity contribution in [3.8, 4) is 16.9 Å². The third kappa shape index (κ3) is 2.38.